The van der Waals surface area contributed by atoms with Gasteiger partial charge in [0.2, 0.25) is 17.7 Å². The van der Waals surface area contributed by atoms with Crippen LogP contribution in [0.5, 0.6) is 5.75 Å². The Morgan fingerprint density at radius 3 is 2.25 bits per heavy atom. The van der Waals surface area contributed by atoms with Crippen LogP contribution in [0.1, 0.15) is 102 Å². The van der Waals surface area contributed by atoms with E-state index >= 15 is 0 Å². The van der Waals surface area contributed by atoms with E-state index in [0.29, 0.717) is 24.5 Å². The van der Waals surface area contributed by atoms with Gasteiger partial charge in [0, 0.05) is 37.7 Å². The molecule has 0 bridgehead atoms. The molecule has 1 saturated heterocycles. The topological polar surface area (TPSA) is 159 Å². The SMILES string of the molecule is Cc1ncsc1-c1ccc(CNC(=O)[C@@H]2C[C@@H](O)CN2C(=O)[C@@H](NC(=O)COCCCCCOc2ccc(C(=O)NC3C(C)(C)CC3(C)C)cc2)C(C)(C)C)cc1. The summed E-state index contributed by atoms with van der Waals surface area (Å²) in [7, 11) is 0. The first kappa shape index (κ1) is 43.8. The number of hydrogen-bond donors (Lipinski definition) is 4. The van der Waals surface area contributed by atoms with Gasteiger partial charge in [-0.15, -0.1) is 11.3 Å². The van der Waals surface area contributed by atoms with Crippen LogP contribution in [0.25, 0.3) is 10.4 Å². The van der Waals surface area contributed by atoms with E-state index in [1.807, 2.05) is 69.6 Å². The Kier molecular flexibility index (Phi) is 14.2. The van der Waals surface area contributed by atoms with Gasteiger partial charge in [0.05, 0.1) is 28.8 Å². The lowest BCUT2D eigenvalue weighted by Crippen LogP contribution is -2.63. The van der Waals surface area contributed by atoms with Crippen molar-refractivity contribution in [2.45, 2.75) is 118 Å². The summed E-state index contributed by atoms with van der Waals surface area (Å²) in [5.74, 6) is -0.576. The van der Waals surface area contributed by atoms with Crippen LogP contribution in [0.2, 0.25) is 0 Å². The molecule has 2 fully saturated rings. The van der Waals surface area contributed by atoms with Crippen LogP contribution in [-0.2, 0) is 25.7 Å². The minimum Gasteiger partial charge on any atom is -0.494 e. The summed E-state index contributed by atoms with van der Waals surface area (Å²) in [6.45, 7) is 17.2. The van der Waals surface area contributed by atoms with Crippen molar-refractivity contribution in [3.63, 3.8) is 0 Å². The number of nitrogens with one attached hydrogen (secondary N) is 3. The molecule has 5 rings (SSSR count). The zero-order valence-electron chi connectivity index (χ0n) is 34.8. The zero-order valence-corrected chi connectivity index (χ0v) is 35.6. The molecule has 1 aliphatic carbocycles. The van der Waals surface area contributed by atoms with Gasteiger partial charge in [-0.2, -0.15) is 0 Å². The minimum atomic E-state index is -0.931. The number of rotatable bonds is 17. The molecule has 57 heavy (non-hydrogen) atoms. The molecular weight excluding hydrogens is 743 g/mol. The summed E-state index contributed by atoms with van der Waals surface area (Å²) in [6.07, 6.45) is 2.68. The summed E-state index contributed by atoms with van der Waals surface area (Å²) in [4.78, 5) is 59.9. The van der Waals surface area contributed by atoms with Crippen molar-refractivity contribution >= 4 is 35.0 Å². The number of amides is 4. The molecule has 310 valence electrons. The molecule has 4 amide bonds. The number of aliphatic hydroxyl groups excluding tert-OH is 1. The van der Waals surface area contributed by atoms with Gasteiger partial charge < -0.3 is 35.4 Å². The van der Waals surface area contributed by atoms with E-state index in [4.69, 9.17) is 9.47 Å². The molecule has 2 aromatic carbocycles. The Morgan fingerprint density at radius 1 is 0.965 bits per heavy atom. The number of β-amino-alcohol motifs (C(OH)–C–C–N with tert-alkyl or cyclic N) is 1. The lowest BCUT2D eigenvalue weighted by molar-refractivity contribution is -0.144. The predicted octanol–water partition coefficient (Wildman–Crippen LogP) is 6.05. The van der Waals surface area contributed by atoms with Gasteiger partial charge in [-0.1, -0.05) is 72.7 Å². The fraction of sp³-hybridized carbons (Fsp3) is 0.568. The van der Waals surface area contributed by atoms with Gasteiger partial charge in [0.1, 0.15) is 24.4 Å². The van der Waals surface area contributed by atoms with E-state index in [1.54, 1.807) is 23.5 Å². The number of thiazole rings is 1. The van der Waals surface area contributed by atoms with Crippen LogP contribution in [0.3, 0.4) is 0 Å². The molecule has 3 aromatic rings. The first-order valence-electron chi connectivity index (χ1n) is 20.0. The molecule has 2 aliphatic rings. The highest BCUT2D eigenvalue weighted by molar-refractivity contribution is 7.13. The molecule has 0 spiro atoms. The third kappa shape index (κ3) is 11.4. The molecule has 1 aromatic heterocycles. The van der Waals surface area contributed by atoms with E-state index < -0.39 is 35.4 Å². The number of hydrogen-bond acceptors (Lipinski definition) is 9. The van der Waals surface area contributed by atoms with Crippen LogP contribution in [0.15, 0.2) is 54.0 Å². The molecule has 3 atom stereocenters. The Hall–Kier alpha value is -4.33. The number of ether oxygens (including phenoxy) is 2. The average Bonchev–Trinajstić information content (AvgIpc) is 3.77. The number of likely N-dealkylation sites (tertiary alicyclic amines) is 1. The summed E-state index contributed by atoms with van der Waals surface area (Å²) < 4.78 is 11.5. The van der Waals surface area contributed by atoms with Crippen molar-refractivity contribution in [3.05, 3.63) is 70.9 Å². The Balaban J connectivity index is 0.999. The second kappa shape index (κ2) is 18.5. The van der Waals surface area contributed by atoms with Crippen LogP contribution >= 0.6 is 11.3 Å². The van der Waals surface area contributed by atoms with E-state index in [0.717, 1.165) is 47.4 Å². The fourth-order valence-electron chi connectivity index (χ4n) is 8.43. The van der Waals surface area contributed by atoms with E-state index in [2.05, 4.69) is 48.6 Å². The highest BCUT2D eigenvalue weighted by Gasteiger charge is 2.53. The molecule has 1 aliphatic heterocycles. The molecule has 12 nitrogen and oxygen atoms in total. The van der Waals surface area contributed by atoms with Crippen LogP contribution in [-0.4, -0.2) is 89.2 Å². The van der Waals surface area contributed by atoms with Crippen molar-refractivity contribution in [2.24, 2.45) is 16.2 Å². The Labute approximate surface area is 341 Å². The van der Waals surface area contributed by atoms with Gasteiger partial charge in [-0.25, -0.2) is 4.98 Å². The molecule has 1 saturated carbocycles. The summed E-state index contributed by atoms with van der Waals surface area (Å²) >= 11 is 1.58. The lowest BCUT2D eigenvalue weighted by atomic mass is 9.52. The number of nitrogens with zero attached hydrogens (tertiary/aromatic N) is 2. The third-order valence-electron chi connectivity index (χ3n) is 11.0. The average molecular weight is 804 g/mol. The molecule has 4 N–H and O–H groups in total. The largest absolute Gasteiger partial charge is 0.494 e. The summed E-state index contributed by atoms with van der Waals surface area (Å²) in [6, 6.07) is 13.4. The Bertz CT molecular complexity index is 1840. The number of carbonyl (C=O) groups is 4. The van der Waals surface area contributed by atoms with Gasteiger partial charge in [0.25, 0.3) is 5.91 Å². The van der Waals surface area contributed by atoms with E-state index in [1.165, 1.54) is 4.90 Å². The van der Waals surface area contributed by atoms with Crippen LogP contribution < -0.4 is 20.7 Å². The summed E-state index contributed by atoms with van der Waals surface area (Å²) in [5, 5.41) is 19.5. The van der Waals surface area contributed by atoms with Crippen LogP contribution in [0.4, 0.5) is 0 Å². The quantitative estimate of drug-likeness (QED) is 0.120. The first-order valence-corrected chi connectivity index (χ1v) is 20.9. The van der Waals surface area contributed by atoms with Crippen molar-refractivity contribution in [1.29, 1.82) is 0 Å². The normalized spacial score (nSPS) is 19.4. The lowest BCUT2D eigenvalue weighted by Gasteiger charge is -2.57. The van der Waals surface area contributed by atoms with E-state index in [-0.39, 0.29) is 54.8 Å². The molecular formula is C44H61N5O7S. The van der Waals surface area contributed by atoms with Crippen molar-refractivity contribution in [3.8, 4) is 16.2 Å². The highest BCUT2D eigenvalue weighted by Crippen LogP contribution is 2.53. The fourth-order valence-corrected chi connectivity index (χ4v) is 9.25. The standard InChI is InChI=1S/C44H61N5O7S/c1-28-36(57-27-46-28)30-14-12-29(13-15-30)23-45-39(53)34-22-32(50)24-49(34)40(54)37(42(2,3)4)47-35(51)25-55-20-10-9-11-21-56-33-18-16-31(17-19-33)38(52)48-41-43(5,6)26-44(41,7)8/h12-19,27,32,34,37,41,50H,9-11,20-26H2,1-8H3,(H,45,53)(H,47,51)(H,48,52)/t32-,34+,37-/m1/s1. The number of carbonyl (C=O) groups excluding carboxylic acids is 4. The molecule has 0 unspecified atom stereocenters. The number of aromatic nitrogens is 1. The van der Waals surface area contributed by atoms with E-state index in [9.17, 15) is 24.3 Å². The van der Waals surface area contributed by atoms with Crippen molar-refractivity contribution < 1.29 is 33.8 Å². The van der Waals surface area contributed by atoms with Crippen molar-refractivity contribution in [1.82, 2.24) is 25.8 Å². The zero-order chi connectivity index (χ0) is 41.5. The van der Waals surface area contributed by atoms with Gasteiger partial charge in [-0.3, -0.25) is 19.2 Å². The Morgan fingerprint density at radius 2 is 1.63 bits per heavy atom. The maximum atomic E-state index is 13.9. The van der Waals surface area contributed by atoms with Crippen LogP contribution in [0, 0.1) is 23.2 Å². The van der Waals surface area contributed by atoms with Gasteiger partial charge in [0.15, 0.2) is 0 Å². The highest BCUT2D eigenvalue weighted by atomic mass is 32.1. The third-order valence-corrected chi connectivity index (χ3v) is 12.0. The molecule has 0 radical (unpaired) electrons. The second-order valence-corrected chi connectivity index (χ2v) is 18.8. The second-order valence-electron chi connectivity index (χ2n) is 18.0. The number of unbranched alkanes of at least 4 members (excludes halogenated alkanes) is 2. The number of benzene rings is 2. The molecule has 2 heterocycles. The van der Waals surface area contributed by atoms with Crippen molar-refractivity contribution in [2.75, 3.05) is 26.4 Å². The monoisotopic (exact) mass is 803 g/mol. The molecule has 13 heteroatoms. The summed E-state index contributed by atoms with van der Waals surface area (Å²) in [5.41, 5.74) is 4.85. The number of aryl methyl sites for hydroxylation is 1. The smallest absolute Gasteiger partial charge is 0.251 e. The number of aliphatic hydroxyl groups is 1. The maximum absolute atomic E-state index is 13.9. The first-order chi connectivity index (χ1) is 26.9. The predicted molar refractivity (Wildman–Crippen MR) is 222 cm³/mol. The maximum Gasteiger partial charge on any atom is 0.251 e. The van der Waals surface area contributed by atoms with Gasteiger partial charge in [-0.05, 0) is 84.2 Å². The van der Waals surface area contributed by atoms with Gasteiger partial charge >= 0.3 is 0 Å². The minimum absolute atomic E-state index is 0.00254.